The number of carbonyl (C=O) groups excluding carboxylic acids is 1. The van der Waals surface area contributed by atoms with Crippen LogP contribution in [0.1, 0.15) is 30.6 Å². The molecule has 1 heterocycles. The van der Waals surface area contributed by atoms with E-state index in [4.69, 9.17) is 5.73 Å². The predicted octanol–water partition coefficient (Wildman–Crippen LogP) is 1.98. The van der Waals surface area contributed by atoms with E-state index in [1.165, 1.54) is 0 Å². The van der Waals surface area contributed by atoms with E-state index in [2.05, 4.69) is 24.3 Å². The lowest BCUT2D eigenvalue weighted by Crippen LogP contribution is -2.41. The van der Waals surface area contributed by atoms with Gasteiger partial charge in [-0.15, -0.1) is 0 Å². The molecule has 5 heteroatoms. The summed E-state index contributed by atoms with van der Waals surface area (Å²) in [6.45, 7) is 4.69. The van der Waals surface area contributed by atoms with E-state index in [9.17, 15) is 4.79 Å². The van der Waals surface area contributed by atoms with Gasteiger partial charge >= 0.3 is 0 Å². The quantitative estimate of drug-likeness (QED) is 0.852. The highest BCUT2D eigenvalue weighted by atomic mass is 16.1. The number of nitrogens with zero attached hydrogens (tertiary/aromatic N) is 2. The van der Waals surface area contributed by atoms with E-state index < -0.39 is 0 Å². The summed E-state index contributed by atoms with van der Waals surface area (Å²) in [5.41, 5.74) is 7.27. The molecule has 0 aliphatic rings. The van der Waals surface area contributed by atoms with Crippen molar-refractivity contribution in [2.24, 2.45) is 11.7 Å². The molecule has 0 fully saturated rings. The smallest absolute Gasteiger partial charge is 0.251 e. The van der Waals surface area contributed by atoms with E-state index >= 15 is 0 Å². The van der Waals surface area contributed by atoms with Gasteiger partial charge in [-0.1, -0.05) is 13.8 Å². The zero-order chi connectivity index (χ0) is 15.2. The maximum atomic E-state index is 12.2. The van der Waals surface area contributed by atoms with Gasteiger partial charge in [0.2, 0.25) is 0 Å². The first-order valence-corrected chi connectivity index (χ1v) is 7.21. The first kappa shape index (κ1) is 15.3. The van der Waals surface area contributed by atoms with Gasteiger partial charge < -0.3 is 11.1 Å². The average Bonchev–Trinajstić information content (AvgIpc) is 3.00. The number of rotatable bonds is 6. The molecule has 21 heavy (non-hydrogen) atoms. The highest BCUT2D eigenvalue weighted by molar-refractivity contribution is 5.94. The van der Waals surface area contributed by atoms with Crippen LogP contribution in [0.3, 0.4) is 0 Å². The van der Waals surface area contributed by atoms with Crippen molar-refractivity contribution >= 4 is 5.91 Å². The van der Waals surface area contributed by atoms with E-state index in [1.54, 1.807) is 23.0 Å². The normalized spacial score (nSPS) is 12.4. The summed E-state index contributed by atoms with van der Waals surface area (Å²) in [4.78, 5) is 12.2. The van der Waals surface area contributed by atoms with Gasteiger partial charge in [-0.25, -0.2) is 4.68 Å². The fourth-order valence-electron chi connectivity index (χ4n) is 2.24. The molecule has 0 aliphatic heterocycles. The zero-order valence-corrected chi connectivity index (χ0v) is 12.5. The standard InChI is InChI=1S/C16H22N4O/c1-12(2)10-14(11-17)19-16(21)13-4-6-15(7-5-13)20-9-3-8-18-20/h3-9,12,14H,10-11,17H2,1-2H3,(H,19,21). The number of nitrogens with two attached hydrogens (primary N) is 1. The Balaban J connectivity index is 2.02. The predicted molar refractivity (Wildman–Crippen MR) is 83.3 cm³/mol. The highest BCUT2D eigenvalue weighted by Gasteiger charge is 2.13. The monoisotopic (exact) mass is 286 g/mol. The van der Waals surface area contributed by atoms with E-state index in [0.717, 1.165) is 12.1 Å². The van der Waals surface area contributed by atoms with Crippen molar-refractivity contribution in [3.63, 3.8) is 0 Å². The maximum absolute atomic E-state index is 12.2. The molecule has 1 unspecified atom stereocenters. The highest BCUT2D eigenvalue weighted by Crippen LogP contribution is 2.10. The second-order valence-electron chi connectivity index (χ2n) is 5.53. The number of nitrogens with one attached hydrogen (secondary N) is 1. The van der Waals surface area contributed by atoms with Crippen LogP contribution in [0, 0.1) is 5.92 Å². The molecule has 5 nitrogen and oxygen atoms in total. The molecule has 1 aromatic carbocycles. The third-order valence-corrected chi connectivity index (χ3v) is 3.27. The third kappa shape index (κ3) is 4.16. The van der Waals surface area contributed by atoms with Gasteiger partial charge in [-0.05, 0) is 42.7 Å². The van der Waals surface area contributed by atoms with Crippen LogP contribution in [-0.2, 0) is 0 Å². The van der Waals surface area contributed by atoms with Crippen LogP contribution in [0.25, 0.3) is 5.69 Å². The van der Waals surface area contributed by atoms with Crippen LogP contribution in [-0.4, -0.2) is 28.3 Å². The third-order valence-electron chi connectivity index (χ3n) is 3.27. The van der Waals surface area contributed by atoms with E-state index in [-0.39, 0.29) is 11.9 Å². The average molecular weight is 286 g/mol. The van der Waals surface area contributed by atoms with Crippen molar-refractivity contribution in [1.29, 1.82) is 0 Å². The minimum Gasteiger partial charge on any atom is -0.348 e. The number of aromatic nitrogens is 2. The summed E-state index contributed by atoms with van der Waals surface area (Å²) in [6.07, 6.45) is 4.47. The lowest BCUT2D eigenvalue weighted by atomic mass is 10.0. The van der Waals surface area contributed by atoms with Crippen molar-refractivity contribution < 1.29 is 4.79 Å². The van der Waals surface area contributed by atoms with Gasteiger partial charge in [0.25, 0.3) is 5.91 Å². The van der Waals surface area contributed by atoms with Crippen molar-refractivity contribution in [1.82, 2.24) is 15.1 Å². The minimum absolute atomic E-state index is 0.0169. The minimum atomic E-state index is -0.0851. The Kier molecular flexibility index (Phi) is 5.11. The Hall–Kier alpha value is -2.14. The van der Waals surface area contributed by atoms with Crippen molar-refractivity contribution in [2.45, 2.75) is 26.3 Å². The van der Waals surface area contributed by atoms with Gasteiger partial charge in [-0.2, -0.15) is 5.10 Å². The number of hydrogen-bond donors (Lipinski definition) is 2. The Morgan fingerprint density at radius 2 is 2.05 bits per heavy atom. The van der Waals surface area contributed by atoms with Crippen LogP contribution >= 0.6 is 0 Å². The van der Waals surface area contributed by atoms with E-state index in [0.29, 0.717) is 18.0 Å². The molecule has 0 spiro atoms. The summed E-state index contributed by atoms with van der Waals surface area (Å²) in [5, 5.41) is 7.14. The number of carbonyl (C=O) groups is 1. The topological polar surface area (TPSA) is 72.9 Å². The molecule has 2 aromatic rings. The molecule has 2 rings (SSSR count). The van der Waals surface area contributed by atoms with Crippen LogP contribution in [0.2, 0.25) is 0 Å². The SMILES string of the molecule is CC(C)CC(CN)NC(=O)c1ccc(-n2cccn2)cc1. The molecule has 1 aromatic heterocycles. The summed E-state index contributed by atoms with van der Waals surface area (Å²) in [6, 6.07) is 9.23. The zero-order valence-electron chi connectivity index (χ0n) is 12.5. The number of amides is 1. The Labute approximate surface area is 125 Å². The van der Waals surface area contributed by atoms with Gasteiger partial charge in [0.15, 0.2) is 0 Å². The van der Waals surface area contributed by atoms with Crippen molar-refractivity contribution in [3.05, 3.63) is 48.3 Å². The van der Waals surface area contributed by atoms with Crippen molar-refractivity contribution in [2.75, 3.05) is 6.54 Å². The van der Waals surface area contributed by atoms with Crippen LogP contribution in [0.4, 0.5) is 0 Å². The Morgan fingerprint density at radius 1 is 1.33 bits per heavy atom. The van der Waals surface area contributed by atoms with Crippen LogP contribution in [0.15, 0.2) is 42.7 Å². The second-order valence-corrected chi connectivity index (χ2v) is 5.53. The molecule has 112 valence electrons. The fraction of sp³-hybridized carbons (Fsp3) is 0.375. The van der Waals surface area contributed by atoms with E-state index in [1.807, 2.05) is 24.4 Å². The Bertz CT molecular complexity index is 560. The molecule has 1 atom stereocenters. The van der Waals surface area contributed by atoms with Crippen molar-refractivity contribution in [3.8, 4) is 5.69 Å². The maximum Gasteiger partial charge on any atom is 0.251 e. The molecule has 3 N–H and O–H groups in total. The lowest BCUT2D eigenvalue weighted by Gasteiger charge is -2.18. The Morgan fingerprint density at radius 3 is 2.57 bits per heavy atom. The van der Waals surface area contributed by atoms with Crippen LogP contribution in [0.5, 0.6) is 0 Å². The first-order valence-electron chi connectivity index (χ1n) is 7.21. The molecule has 0 saturated heterocycles. The molecule has 0 radical (unpaired) electrons. The molecule has 0 aliphatic carbocycles. The lowest BCUT2D eigenvalue weighted by molar-refractivity contribution is 0.0934. The van der Waals surface area contributed by atoms with Gasteiger partial charge in [0.05, 0.1) is 5.69 Å². The molecule has 0 saturated carbocycles. The van der Waals surface area contributed by atoms with Gasteiger partial charge in [0, 0.05) is 30.5 Å². The summed E-state index contributed by atoms with van der Waals surface area (Å²) in [5.74, 6) is 0.416. The number of benzene rings is 1. The van der Waals surface area contributed by atoms with Gasteiger partial charge in [-0.3, -0.25) is 4.79 Å². The summed E-state index contributed by atoms with van der Waals surface area (Å²) >= 11 is 0. The summed E-state index contributed by atoms with van der Waals surface area (Å²) < 4.78 is 1.75. The van der Waals surface area contributed by atoms with Gasteiger partial charge in [0.1, 0.15) is 0 Å². The fourth-order valence-corrected chi connectivity index (χ4v) is 2.24. The van der Waals surface area contributed by atoms with Crippen LogP contribution < -0.4 is 11.1 Å². The second kappa shape index (κ2) is 7.04. The molecular formula is C16H22N4O. The molecule has 0 bridgehead atoms. The largest absolute Gasteiger partial charge is 0.348 e. The molecule has 1 amide bonds. The summed E-state index contributed by atoms with van der Waals surface area (Å²) in [7, 11) is 0. The first-order chi connectivity index (χ1) is 10.1. The number of hydrogen-bond acceptors (Lipinski definition) is 3. The molecular weight excluding hydrogens is 264 g/mol.